The zero-order valence-corrected chi connectivity index (χ0v) is 18.4. The van der Waals surface area contributed by atoms with Crippen molar-refractivity contribution in [2.24, 2.45) is 5.73 Å². The molecule has 164 valence electrons. The summed E-state index contributed by atoms with van der Waals surface area (Å²) in [5.41, 5.74) is 7.40. The molecule has 1 atom stereocenters. The van der Waals surface area contributed by atoms with Crippen molar-refractivity contribution in [3.8, 4) is 0 Å². The van der Waals surface area contributed by atoms with Gasteiger partial charge in [0.15, 0.2) is 6.17 Å². The molecule has 0 spiro atoms. The predicted molar refractivity (Wildman–Crippen MR) is 120 cm³/mol. The van der Waals surface area contributed by atoms with Crippen LogP contribution in [0.1, 0.15) is 15.9 Å². The molecule has 2 aromatic carbocycles. The van der Waals surface area contributed by atoms with Crippen LogP contribution in [-0.2, 0) is 4.79 Å². The number of amides is 4. The molecule has 1 fully saturated rings. The average molecular weight is 464 g/mol. The van der Waals surface area contributed by atoms with Crippen LogP contribution >= 0.6 is 23.2 Å². The normalized spacial score (nSPS) is 15.7. The molecule has 0 aromatic heterocycles. The van der Waals surface area contributed by atoms with E-state index in [2.05, 4.69) is 10.6 Å². The summed E-state index contributed by atoms with van der Waals surface area (Å²) in [6.07, 6.45) is -1.13. The first-order valence-electron chi connectivity index (χ1n) is 9.70. The summed E-state index contributed by atoms with van der Waals surface area (Å²) in [6.45, 7) is 2.76. The zero-order valence-electron chi connectivity index (χ0n) is 16.9. The van der Waals surface area contributed by atoms with E-state index in [-0.39, 0.29) is 36.8 Å². The number of halogens is 2. The van der Waals surface area contributed by atoms with E-state index >= 15 is 0 Å². The summed E-state index contributed by atoms with van der Waals surface area (Å²) >= 11 is 12.0. The minimum absolute atomic E-state index is 0.182. The van der Waals surface area contributed by atoms with Crippen molar-refractivity contribution in [1.29, 1.82) is 0 Å². The summed E-state index contributed by atoms with van der Waals surface area (Å²) in [6, 6.07) is 11.3. The van der Waals surface area contributed by atoms with Gasteiger partial charge in [-0.25, -0.2) is 4.79 Å². The zero-order chi connectivity index (χ0) is 22.5. The van der Waals surface area contributed by atoms with Gasteiger partial charge in [-0.3, -0.25) is 14.5 Å². The molecule has 1 unspecified atom stereocenters. The molecule has 0 bridgehead atoms. The largest absolute Gasteiger partial charge is 0.351 e. The number of hydrogen-bond donors (Lipinski definition) is 3. The van der Waals surface area contributed by atoms with Gasteiger partial charge in [0.05, 0.1) is 10.0 Å². The second-order valence-corrected chi connectivity index (χ2v) is 7.88. The lowest BCUT2D eigenvalue weighted by Crippen LogP contribution is -2.55. The summed E-state index contributed by atoms with van der Waals surface area (Å²) in [7, 11) is 0. The predicted octanol–water partition coefficient (Wildman–Crippen LogP) is 2.69. The van der Waals surface area contributed by atoms with Crippen LogP contribution in [0.25, 0.3) is 0 Å². The van der Waals surface area contributed by atoms with Gasteiger partial charge in [-0.05, 0) is 37.3 Å². The molecule has 1 aliphatic heterocycles. The number of nitrogens with one attached hydrogen (secondary N) is 2. The molecule has 1 aliphatic rings. The number of benzene rings is 2. The molecule has 2 aromatic rings. The Kier molecular flexibility index (Phi) is 7.37. The van der Waals surface area contributed by atoms with Crippen LogP contribution in [-0.4, -0.2) is 60.0 Å². The standard InChI is InChI=1S/C21H23Cl2N5O3/c1-13-2-5-15(6-3-13)26-21(31)28-11-10-27(19(28)18(29)25-9-8-24)20(30)14-4-7-16(22)17(23)12-14/h2-7,12,19H,8-11,24H2,1H3,(H,25,29)(H,26,31). The molecule has 10 heteroatoms. The lowest BCUT2D eigenvalue weighted by Gasteiger charge is -2.29. The van der Waals surface area contributed by atoms with Crippen LogP contribution < -0.4 is 16.4 Å². The van der Waals surface area contributed by atoms with Gasteiger partial charge in [0.1, 0.15) is 0 Å². The molecule has 1 saturated heterocycles. The van der Waals surface area contributed by atoms with Gasteiger partial charge in [-0.15, -0.1) is 0 Å². The third kappa shape index (κ3) is 5.28. The maximum absolute atomic E-state index is 13.1. The molecule has 0 aliphatic carbocycles. The van der Waals surface area contributed by atoms with Crippen molar-refractivity contribution in [2.45, 2.75) is 13.1 Å². The van der Waals surface area contributed by atoms with Crippen molar-refractivity contribution in [2.75, 3.05) is 31.5 Å². The number of hydrogen-bond acceptors (Lipinski definition) is 4. The number of urea groups is 1. The molecule has 0 radical (unpaired) electrons. The van der Waals surface area contributed by atoms with Gasteiger partial charge in [-0.2, -0.15) is 0 Å². The van der Waals surface area contributed by atoms with Gasteiger partial charge in [0.25, 0.3) is 11.8 Å². The van der Waals surface area contributed by atoms with E-state index in [1.54, 1.807) is 12.1 Å². The monoisotopic (exact) mass is 463 g/mol. The van der Waals surface area contributed by atoms with Crippen molar-refractivity contribution < 1.29 is 14.4 Å². The van der Waals surface area contributed by atoms with E-state index in [9.17, 15) is 14.4 Å². The molecule has 31 heavy (non-hydrogen) atoms. The van der Waals surface area contributed by atoms with E-state index in [0.29, 0.717) is 10.7 Å². The van der Waals surface area contributed by atoms with Gasteiger partial charge < -0.3 is 21.3 Å². The van der Waals surface area contributed by atoms with Crippen LogP contribution in [0.3, 0.4) is 0 Å². The van der Waals surface area contributed by atoms with E-state index in [1.807, 2.05) is 19.1 Å². The molecule has 1 heterocycles. The highest BCUT2D eigenvalue weighted by atomic mass is 35.5. The Balaban J connectivity index is 1.84. The Morgan fingerprint density at radius 2 is 1.71 bits per heavy atom. The van der Waals surface area contributed by atoms with Gasteiger partial charge in [0.2, 0.25) is 0 Å². The lowest BCUT2D eigenvalue weighted by atomic mass is 10.2. The van der Waals surface area contributed by atoms with Gasteiger partial charge in [0, 0.05) is 37.4 Å². The second kappa shape index (κ2) is 10.00. The summed E-state index contributed by atoms with van der Waals surface area (Å²) < 4.78 is 0. The number of anilines is 1. The van der Waals surface area contributed by atoms with E-state index in [0.717, 1.165) is 5.56 Å². The number of nitrogens with two attached hydrogens (primary N) is 1. The quantitative estimate of drug-likeness (QED) is 0.633. The minimum Gasteiger partial charge on any atom is -0.351 e. The molecule has 4 N–H and O–H groups in total. The van der Waals surface area contributed by atoms with E-state index in [1.165, 1.54) is 28.0 Å². The number of carbonyl (C=O) groups excluding carboxylic acids is 3. The average Bonchev–Trinajstić information content (AvgIpc) is 3.20. The van der Waals surface area contributed by atoms with Gasteiger partial charge in [-0.1, -0.05) is 40.9 Å². The van der Waals surface area contributed by atoms with Crippen LogP contribution in [0.2, 0.25) is 10.0 Å². The first-order valence-corrected chi connectivity index (χ1v) is 10.5. The fourth-order valence-corrected chi connectivity index (χ4v) is 3.55. The number of aryl methyl sites for hydroxylation is 1. The van der Waals surface area contributed by atoms with E-state index in [4.69, 9.17) is 28.9 Å². The maximum atomic E-state index is 13.1. The number of nitrogens with zero attached hydrogens (tertiary/aromatic N) is 2. The fourth-order valence-electron chi connectivity index (χ4n) is 3.25. The molecule has 8 nitrogen and oxygen atoms in total. The Bertz CT molecular complexity index is 983. The van der Waals surface area contributed by atoms with Crippen molar-refractivity contribution >= 4 is 46.7 Å². The van der Waals surface area contributed by atoms with Crippen LogP contribution in [0.5, 0.6) is 0 Å². The fraction of sp³-hybridized carbons (Fsp3) is 0.286. The van der Waals surface area contributed by atoms with E-state index < -0.39 is 24.0 Å². The highest BCUT2D eigenvalue weighted by Crippen LogP contribution is 2.25. The first-order chi connectivity index (χ1) is 14.8. The highest BCUT2D eigenvalue weighted by Gasteiger charge is 2.43. The molecule has 4 amide bonds. The first kappa shape index (κ1) is 22.9. The van der Waals surface area contributed by atoms with Crippen LogP contribution in [0.15, 0.2) is 42.5 Å². The Morgan fingerprint density at radius 1 is 1.03 bits per heavy atom. The second-order valence-electron chi connectivity index (χ2n) is 7.07. The van der Waals surface area contributed by atoms with Crippen molar-refractivity contribution in [1.82, 2.24) is 15.1 Å². The molecular formula is C21H23Cl2N5O3. The Morgan fingerprint density at radius 3 is 2.35 bits per heavy atom. The third-order valence-corrected chi connectivity index (χ3v) is 5.58. The number of rotatable bonds is 5. The Labute approximate surface area is 190 Å². The highest BCUT2D eigenvalue weighted by molar-refractivity contribution is 6.42. The topological polar surface area (TPSA) is 108 Å². The maximum Gasteiger partial charge on any atom is 0.323 e. The van der Waals surface area contributed by atoms with Gasteiger partial charge >= 0.3 is 6.03 Å². The smallest absolute Gasteiger partial charge is 0.323 e. The summed E-state index contributed by atoms with van der Waals surface area (Å²) in [5.74, 6) is -0.924. The Hall–Kier alpha value is -2.81. The minimum atomic E-state index is -1.13. The van der Waals surface area contributed by atoms with Crippen molar-refractivity contribution in [3.05, 3.63) is 63.6 Å². The molecule has 0 saturated carbocycles. The van der Waals surface area contributed by atoms with Crippen molar-refractivity contribution in [3.63, 3.8) is 0 Å². The number of carbonyl (C=O) groups is 3. The summed E-state index contributed by atoms with van der Waals surface area (Å²) in [5, 5.41) is 5.98. The SMILES string of the molecule is Cc1ccc(NC(=O)N2CCN(C(=O)c3ccc(Cl)c(Cl)c3)C2C(=O)NCCN)cc1. The van der Waals surface area contributed by atoms with Crippen LogP contribution in [0.4, 0.5) is 10.5 Å². The summed E-state index contributed by atoms with van der Waals surface area (Å²) in [4.78, 5) is 41.6. The molecule has 3 rings (SSSR count). The lowest BCUT2D eigenvalue weighted by molar-refractivity contribution is -0.127. The molecular weight excluding hydrogens is 441 g/mol. The third-order valence-electron chi connectivity index (χ3n) is 4.84. The van der Waals surface area contributed by atoms with Crippen LogP contribution in [0, 0.1) is 6.92 Å².